The van der Waals surface area contributed by atoms with Crippen molar-refractivity contribution in [2.24, 2.45) is 0 Å². The number of hydrogen-bond acceptors (Lipinski definition) is 3. The molecular weight excluding hydrogens is 250 g/mol. The zero-order valence-electron chi connectivity index (χ0n) is 12.4. The van der Waals surface area contributed by atoms with Gasteiger partial charge in [-0.2, -0.15) is 5.10 Å². The van der Waals surface area contributed by atoms with Gasteiger partial charge in [0.1, 0.15) is 5.75 Å². The van der Waals surface area contributed by atoms with Gasteiger partial charge in [-0.1, -0.05) is 12.1 Å². The molecule has 2 rings (SSSR count). The predicted octanol–water partition coefficient (Wildman–Crippen LogP) is 3.09. The topological polar surface area (TPSA) is 49.9 Å². The Bertz CT molecular complexity index is 493. The average Bonchev–Trinajstić information content (AvgIpc) is 3.00. The van der Waals surface area contributed by atoms with Gasteiger partial charge in [0.05, 0.1) is 13.3 Å². The fourth-order valence-electron chi connectivity index (χ4n) is 2.28. The van der Waals surface area contributed by atoms with Crippen LogP contribution in [0.15, 0.2) is 36.7 Å². The highest BCUT2D eigenvalue weighted by Crippen LogP contribution is 2.15. The Morgan fingerprint density at radius 2 is 2.00 bits per heavy atom. The number of hydrogen-bond donors (Lipinski definition) is 2. The van der Waals surface area contributed by atoms with Gasteiger partial charge in [-0.3, -0.25) is 5.10 Å². The molecule has 0 spiro atoms. The van der Waals surface area contributed by atoms with Crippen LogP contribution < -0.4 is 10.1 Å². The third-order valence-electron chi connectivity index (χ3n) is 3.58. The monoisotopic (exact) mass is 273 g/mol. The quantitative estimate of drug-likeness (QED) is 0.815. The number of aromatic nitrogens is 2. The maximum Gasteiger partial charge on any atom is 0.118 e. The average molecular weight is 273 g/mol. The van der Waals surface area contributed by atoms with Crippen LogP contribution in [0.2, 0.25) is 0 Å². The van der Waals surface area contributed by atoms with Gasteiger partial charge in [-0.15, -0.1) is 0 Å². The number of aryl methyl sites for hydroxylation is 1. The molecule has 1 heterocycles. The third kappa shape index (κ3) is 4.10. The molecule has 1 aromatic heterocycles. The Kier molecular flexibility index (Phi) is 5.18. The number of nitrogens with zero attached hydrogens (tertiary/aromatic N) is 1. The van der Waals surface area contributed by atoms with E-state index in [1.165, 1.54) is 11.1 Å². The van der Waals surface area contributed by atoms with Crippen LogP contribution in [0.3, 0.4) is 0 Å². The van der Waals surface area contributed by atoms with E-state index in [4.69, 9.17) is 4.74 Å². The Balaban J connectivity index is 1.78. The van der Waals surface area contributed by atoms with Crippen LogP contribution in [-0.4, -0.2) is 23.3 Å². The second kappa shape index (κ2) is 7.10. The second-order valence-corrected chi connectivity index (χ2v) is 5.21. The number of aromatic amines is 1. The van der Waals surface area contributed by atoms with Gasteiger partial charge in [0, 0.05) is 23.8 Å². The maximum atomic E-state index is 5.17. The van der Waals surface area contributed by atoms with Gasteiger partial charge in [0.2, 0.25) is 0 Å². The minimum absolute atomic E-state index is 0.319. The van der Waals surface area contributed by atoms with Gasteiger partial charge in [-0.25, -0.2) is 0 Å². The molecular formula is C16H23N3O. The smallest absolute Gasteiger partial charge is 0.118 e. The minimum atomic E-state index is 0.319. The number of rotatable bonds is 7. The Labute approximate surface area is 120 Å². The lowest BCUT2D eigenvalue weighted by Crippen LogP contribution is -2.29. The van der Waals surface area contributed by atoms with Gasteiger partial charge in [0.25, 0.3) is 0 Å². The molecule has 2 atom stereocenters. The van der Waals surface area contributed by atoms with Crippen molar-refractivity contribution in [3.8, 4) is 5.75 Å². The van der Waals surface area contributed by atoms with Crippen LogP contribution in [0.25, 0.3) is 0 Å². The first-order valence-corrected chi connectivity index (χ1v) is 7.06. The minimum Gasteiger partial charge on any atom is -0.497 e. The van der Waals surface area contributed by atoms with Crippen molar-refractivity contribution in [2.75, 3.05) is 7.11 Å². The number of benzene rings is 1. The maximum absolute atomic E-state index is 5.17. The lowest BCUT2D eigenvalue weighted by atomic mass is 10.0. The molecule has 0 aliphatic rings. The van der Waals surface area contributed by atoms with E-state index in [1.54, 1.807) is 7.11 Å². The summed E-state index contributed by atoms with van der Waals surface area (Å²) in [4.78, 5) is 0. The number of nitrogens with one attached hydrogen (secondary N) is 2. The predicted molar refractivity (Wildman–Crippen MR) is 80.9 cm³/mol. The standard InChI is InChI=1S/C16H23N3O/c1-12(19-13(2)15-10-17-18-11-15)4-5-14-6-8-16(20-3)9-7-14/h6-13,19H,4-5H2,1-3H3,(H,17,18). The normalized spacial score (nSPS) is 13.9. The summed E-state index contributed by atoms with van der Waals surface area (Å²) in [6.07, 6.45) is 5.98. The van der Waals surface area contributed by atoms with Crippen LogP contribution >= 0.6 is 0 Å². The van der Waals surface area contributed by atoms with Crippen molar-refractivity contribution in [1.29, 1.82) is 0 Å². The van der Waals surface area contributed by atoms with Gasteiger partial charge >= 0.3 is 0 Å². The third-order valence-corrected chi connectivity index (χ3v) is 3.58. The van der Waals surface area contributed by atoms with E-state index in [-0.39, 0.29) is 0 Å². The van der Waals surface area contributed by atoms with E-state index in [2.05, 4.69) is 41.5 Å². The molecule has 0 bridgehead atoms. The molecule has 0 fully saturated rings. The summed E-state index contributed by atoms with van der Waals surface area (Å²) in [6, 6.07) is 9.07. The molecule has 0 amide bonds. The first-order valence-electron chi connectivity index (χ1n) is 7.06. The van der Waals surface area contributed by atoms with Gasteiger partial charge in [0.15, 0.2) is 0 Å². The molecule has 2 unspecified atom stereocenters. The van der Waals surface area contributed by atoms with E-state index < -0.39 is 0 Å². The molecule has 0 aliphatic heterocycles. The first kappa shape index (κ1) is 14.6. The van der Waals surface area contributed by atoms with E-state index in [0.29, 0.717) is 12.1 Å². The SMILES string of the molecule is COc1ccc(CCC(C)NC(C)c2cn[nH]c2)cc1. The van der Waals surface area contributed by atoms with Crippen molar-refractivity contribution in [3.05, 3.63) is 47.8 Å². The zero-order valence-corrected chi connectivity index (χ0v) is 12.4. The summed E-state index contributed by atoms with van der Waals surface area (Å²) < 4.78 is 5.17. The summed E-state index contributed by atoms with van der Waals surface area (Å²) in [5.41, 5.74) is 2.54. The van der Waals surface area contributed by atoms with Crippen molar-refractivity contribution >= 4 is 0 Å². The lowest BCUT2D eigenvalue weighted by molar-refractivity contribution is 0.414. The van der Waals surface area contributed by atoms with Crippen molar-refractivity contribution in [3.63, 3.8) is 0 Å². The molecule has 0 saturated heterocycles. The Morgan fingerprint density at radius 1 is 1.25 bits per heavy atom. The summed E-state index contributed by atoms with van der Waals surface area (Å²) >= 11 is 0. The number of H-pyrrole nitrogens is 1. The first-order chi connectivity index (χ1) is 9.69. The largest absolute Gasteiger partial charge is 0.497 e. The fraction of sp³-hybridized carbons (Fsp3) is 0.438. The van der Waals surface area contributed by atoms with E-state index in [1.807, 2.05) is 24.5 Å². The molecule has 2 N–H and O–H groups in total. The van der Waals surface area contributed by atoms with E-state index >= 15 is 0 Å². The molecule has 0 saturated carbocycles. The highest BCUT2D eigenvalue weighted by atomic mass is 16.5. The second-order valence-electron chi connectivity index (χ2n) is 5.21. The highest BCUT2D eigenvalue weighted by molar-refractivity contribution is 5.27. The van der Waals surface area contributed by atoms with Crippen molar-refractivity contribution in [2.45, 2.75) is 38.8 Å². The number of methoxy groups -OCH3 is 1. The molecule has 20 heavy (non-hydrogen) atoms. The van der Waals surface area contributed by atoms with Crippen LogP contribution in [-0.2, 0) is 6.42 Å². The van der Waals surface area contributed by atoms with Crippen LogP contribution in [0, 0.1) is 0 Å². The van der Waals surface area contributed by atoms with Crippen molar-refractivity contribution in [1.82, 2.24) is 15.5 Å². The fourth-order valence-corrected chi connectivity index (χ4v) is 2.28. The molecule has 108 valence electrons. The Hall–Kier alpha value is -1.81. The molecule has 4 heteroatoms. The summed E-state index contributed by atoms with van der Waals surface area (Å²) in [6.45, 7) is 4.38. The molecule has 4 nitrogen and oxygen atoms in total. The summed E-state index contributed by atoms with van der Waals surface area (Å²) in [7, 11) is 1.69. The molecule has 0 radical (unpaired) electrons. The van der Waals surface area contributed by atoms with E-state index in [0.717, 1.165) is 18.6 Å². The summed E-state index contributed by atoms with van der Waals surface area (Å²) in [5.74, 6) is 0.911. The van der Waals surface area contributed by atoms with Crippen LogP contribution in [0.1, 0.15) is 37.4 Å². The lowest BCUT2D eigenvalue weighted by Gasteiger charge is -2.19. The number of ether oxygens (including phenoxy) is 1. The molecule has 2 aromatic rings. The Morgan fingerprint density at radius 3 is 2.60 bits per heavy atom. The molecule has 1 aromatic carbocycles. The van der Waals surface area contributed by atoms with Gasteiger partial charge in [-0.05, 0) is 44.4 Å². The van der Waals surface area contributed by atoms with E-state index in [9.17, 15) is 0 Å². The molecule has 0 aliphatic carbocycles. The zero-order chi connectivity index (χ0) is 14.4. The highest BCUT2D eigenvalue weighted by Gasteiger charge is 2.10. The van der Waals surface area contributed by atoms with Crippen LogP contribution in [0.5, 0.6) is 5.75 Å². The summed E-state index contributed by atoms with van der Waals surface area (Å²) in [5, 5.41) is 10.4. The van der Waals surface area contributed by atoms with Crippen molar-refractivity contribution < 1.29 is 4.74 Å². The van der Waals surface area contributed by atoms with Gasteiger partial charge < -0.3 is 10.1 Å². The van der Waals surface area contributed by atoms with Crippen LogP contribution in [0.4, 0.5) is 0 Å².